The van der Waals surface area contributed by atoms with E-state index < -0.39 is 0 Å². The monoisotopic (exact) mass is 250 g/mol. The number of carbonyl (C=O) groups excluding carboxylic acids is 1. The molecule has 1 N–H and O–H groups in total. The van der Waals surface area contributed by atoms with Gasteiger partial charge in [-0.1, -0.05) is 24.3 Å². The van der Waals surface area contributed by atoms with Crippen LogP contribution < -0.4 is 0 Å². The zero-order chi connectivity index (χ0) is 13.2. The van der Waals surface area contributed by atoms with Crippen molar-refractivity contribution in [2.24, 2.45) is 0 Å². The van der Waals surface area contributed by atoms with Crippen LogP contribution in [0.15, 0.2) is 24.3 Å². The Bertz CT molecular complexity index is 361. The molecule has 0 aliphatic carbocycles. The predicted molar refractivity (Wildman–Crippen MR) is 71.4 cm³/mol. The number of carbonyl (C=O) groups is 1. The van der Waals surface area contributed by atoms with Gasteiger partial charge in [0.1, 0.15) is 0 Å². The van der Waals surface area contributed by atoms with Gasteiger partial charge in [-0.15, -0.1) is 0 Å². The molecule has 0 heterocycles. The number of aliphatic hydroxyl groups is 1. The van der Waals surface area contributed by atoms with Crippen LogP contribution in [-0.4, -0.2) is 24.3 Å². The second-order valence-corrected chi connectivity index (χ2v) is 4.25. The van der Waals surface area contributed by atoms with Crippen molar-refractivity contribution in [3.63, 3.8) is 0 Å². The van der Waals surface area contributed by atoms with E-state index in [1.165, 1.54) is 11.1 Å². The Balaban J connectivity index is 2.50. The average Bonchev–Trinajstić information content (AvgIpc) is 2.38. The number of unbranched alkanes of at least 4 members (excludes halogenated alkanes) is 1. The van der Waals surface area contributed by atoms with Crippen LogP contribution in [0.4, 0.5) is 0 Å². The summed E-state index contributed by atoms with van der Waals surface area (Å²) in [6.45, 7) is 2.50. The van der Waals surface area contributed by atoms with Crippen LogP contribution in [0.1, 0.15) is 37.3 Å². The Hall–Kier alpha value is -1.35. The smallest absolute Gasteiger partial charge is 0.306 e. The van der Waals surface area contributed by atoms with E-state index in [4.69, 9.17) is 9.84 Å². The number of hydrogen-bond donors (Lipinski definition) is 1. The summed E-state index contributed by atoms with van der Waals surface area (Å²) in [7, 11) is 0. The van der Waals surface area contributed by atoms with Crippen molar-refractivity contribution in [1.29, 1.82) is 0 Å². The molecule has 0 saturated heterocycles. The van der Waals surface area contributed by atoms with Gasteiger partial charge in [0.15, 0.2) is 0 Å². The summed E-state index contributed by atoms with van der Waals surface area (Å²) in [5, 5.41) is 8.79. The van der Waals surface area contributed by atoms with Gasteiger partial charge in [-0.25, -0.2) is 0 Å². The first-order valence-corrected chi connectivity index (χ1v) is 6.61. The Morgan fingerprint density at radius 2 is 1.83 bits per heavy atom. The molecule has 0 saturated carbocycles. The van der Waals surface area contributed by atoms with Gasteiger partial charge in [0.25, 0.3) is 0 Å². The van der Waals surface area contributed by atoms with Crippen LogP contribution >= 0.6 is 0 Å². The van der Waals surface area contributed by atoms with Crippen LogP contribution in [0.25, 0.3) is 0 Å². The van der Waals surface area contributed by atoms with Crippen LogP contribution in [0, 0.1) is 0 Å². The van der Waals surface area contributed by atoms with E-state index in [9.17, 15) is 4.79 Å². The molecule has 1 aromatic rings. The van der Waals surface area contributed by atoms with Crippen LogP contribution in [0.2, 0.25) is 0 Å². The maximum absolute atomic E-state index is 11.3. The third-order valence-electron chi connectivity index (χ3n) is 2.88. The van der Waals surface area contributed by atoms with Crippen molar-refractivity contribution < 1.29 is 14.6 Å². The highest BCUT2D eigenvalue weighted by atomic mass is 16.5. The van der Waals surface area contributed by atoms with E-state index in [0.717, 1.165) is 25.7 Å². The SMILES string of the molecule is CCOC(=O)CCc1ccccc1CCCCO. The number of ether oxygens (including phenoxy) is 1. The lowest BCUT2D eigenvalue weighted by Crippen LogP contribution is -2.06. The van der Waals surface area contributed by atoms with E-state index in [0.29, 0.717) is 13.0 Å². The number of hydrogen-bond acceptors (Lipinski definition) is 3. The molecule has 0 radical (unpaired) electrons. The first kappa shape index (κ1) is 14.7. The second-order valence-electron chi connectivity index (χ2n) is 4.25. The summed E-state index contributed by atoms with van der Waals surface area (Å²) >= 11 is 0. The Morgan fingerprint density at radius 1 is 1.17 bits per heavy atom. The molecule has 0 aromatic heterocycles. The normalized spacial score (nSPS) is 10.3. The Morgan fingerprint density at radius 3 is 2.44 bits per heavy atom. The quantitative estimate of drug-likeness (QED) is 0.569. The van der Waals surface area contributed by atoms with Gasteiger partial charge in [-0.2, -0.15) is 0 Å². The Labute approximate surface area is 109 Å². The molecule has 0 fully saturated rings. The molecule has 3 heteroatoms. The molecular weight excluding hydrogens is 228 g/mol. The summed E-state index contributed by atoms with van der Waals surface area (Å²) in [6.07, 6.45) is 3.93. The third-order valence-corrected chi connectivity index (χ3v) is 2.88. The van der Waals surface area contributed by atoms with Gasteiger partial charge >= 0.3 is 5.97 Å². The van der Waals surface area contributed by atoms with Crippen molar-refractivity contribution in [3.8, 4) is 0 Å². The maximum Gasteiger partial charge on any atom is 0.306 e. The zero-order valence-corrected chi connectivity index (χ0v) is 11.0. The fraction of sp³-hybridized carbons (Fsp3) is 0.533. The maximum atomic E-state index is 11.3. The molecule has 0 unspecified atom stereocenters. The highest BCUT2D eigenvalue weighted by Gasteiger charge is 2.06. The van der Waals surface area contributed by atoms with Gasteiger partial charge in [-0.3, -0.25) is 4.79 Å². The molecule has 0 aliphatic rings. The fourth-order valence-corrected chi connectivity index (χ4v) is 1.94. The lowest BCUT2D eigenvalue weighted by atomic mass is 9.98. The number of esters is 1. The highest BCUT2D eigenvalue weighted by molar-refractivity contribution is 5.69. The van der Waals surface area contributed by atoms with Crippen LogP contribution in [0.3, 0.4) is 0 Å². The molecule has 0 spiro atoms. The van der Waals surface area contributed by atoms with Crippen molar-refractivity contribution in [2.45, 2.75) is 39.0 Å². The summed E-state index contributed by atoms with van der Waals surface area (Å²) in [6, 6.07) is 8.17. The minimum atomic E-state index is -0.136. The van der Waals surface area contributed by atoms with E-state index >= 15 is 0 Å². The van der Waals surface area contributed by atoms with Gasteiger partial charge in [0.05, 0.1) is 6.61 Å². The van der Waals surface area contributed by atoms with Crippen molar-refractivity contribution in [1.82, 2.24) is 0 Å². The van der Waals surface area contributed by atoms with Crippen molar-refractivity contribution in [3.05, 3.63) is 35.4 Å². The lowest BCUT2D eigenvalue weighted by Gasteiger charge is -2.09. The van der Waals surface area contributed by atoms with Crippen LogP contribution in [-0.2, 0) is 22.4 Å². The highest BCUT2D eigenvalue weighted by Crippen LogP contribution is 2.14. The average molecular weight is 250 g/mol. The molecule has 3 nitrogen and oxygen atoms in total. The molecule has 1 rings (SSSR count). The van der Waals surface area contributed by atoms with Gasteiger partial charge < -0.3 is 9.84 Å². The molecule has 0 amide bonds. The molecule has 0 aliphatic heterocycles. The summed E-state index contributed by atoms with van der Waals surface area (Å²) in [5.74, 6) is -0.136. The topological polar surface area (TPSA) is 46.5 Å². The van der Waals surface area contributed by atoms with Gasteiger partial charge in [0.2, 0.25) is 0 Å². The number of aryl methyl sites for hydroxylation is 2. The van der Waals surface area contributed by atoms with Gasteiger partial charge in [-0.05, 0) is 43.7 Å². The van der Waals surface area contributed by atoms with E-state index in [1.807, 2.05) is 19.1 Å². The third kappa shape index (κ3) is 5.32. The zero-order valence-electron chi connectivity index (χ0n) is 11.0. The van der Waals surface area contributed by atoms with Crippen molar-refractivity contribution >= 4 is 5.97 Å². The summed E-state index contributed by atoms with van der Waals surface area (Å²) < 4.78 is 4.93. The predicted octanol–water partition coefficient (Wildman–Crippen LogP) is 2.50. The summed E-state index contributed by atoms with van der Waals surface area (Å²) in [4.78, 5) is 11.3. The van der Waals surface area contributed by atoms with E-state index in [2.05, 4.69) is 12.1 Å². The first-order chi connectivity index (χ1) is 8.77. The minimum Gasteiger partial charge on any atom is -0.466 e. The molecule has 18 heavy (non-hydrogen) atoms. The number of rotatable bonds is 8. The van der Waals surface area contributed by atoms with Gasteiger partial charge in [0, 0.05) is 13.0 Å². The molecule has 1 aromatic carbocycles. The second kappa shape index (κ2) is 8.70. The number of aliphatic hydroxyl groups excluding tert-OH is 1. The van der Waals surface area contributed by atoms with Crippen LogP contribution in [0.5, 0.6) is 0 Å². The van der Waals surface area contributed by atoms with E-state index in [1.54, 1.807) is 0 Å². The lowest BCUT2D eigenvalue weighted by molar-refractivity contribution is -0.143. The standard InChI is InChI=1S/C15H22O3/c1-2-18-15(17)11-10-14-8-4-3-7-13(14)9-5-6-12-16/h3-4,7-8,16H,2,5-6,9-12H2,1H3. The fourth-order valence-electron chi connectivity index (χ4n) is 1.94. The van der Waals surface area contributed by atoms with Crippen molar-refractivity contribution in [2.75, 3.05) is 13.2 Å². The number of benzene rings is 1. The molecule has 0 atom stereocenters. The largest absolute Gasteiger partial charge is 0.466 e. The Kier molecular flexibility index (Phi) is 7.11. The molecular formula is C15H22O3. The van der Waals surface area contributed by atoms with E-state index in [-0.39, 0.29) is 12.6 Å². The first-order valence-electron chi connectivity index (χ1n) is 6.61. The minimum absolute atomic E-state index is 0.136. The molecule has 100 valence electrons. The molecule has 0 bridgehead atoms. The summed E-state index contributed by atoms with van der Waals surface area (Å²) in [5.41, 5.74) is 2.48.